The minimum Gasteiger partial charge on any atom is -0.479 e. The molecule has 0 radical (unpaired) electrons. The largest absolute Gasteiger partial charge is 0.479 e. The SMILES string of the molecule is CC(C)CC(COCc1cccnc1)NC(=O)[C@H]1O[C@@H]1C(=O)O. The van der Waals surface area contributed by atoms with Gasteiger partial charge in [0.2, 0.25) is 0 Å². The van der Waals surface area contributed by atoms with E-state index >= 15 is 0 Å². The van der Waals surface area contributed by atoms with Crippen LogP contribution < -0.4 is 5.32 Å². The Morgan fingerprint density at radius 3 is 2.78 bits per heavy atom. The van der Waals surface area contributed by atoms with Gasteiger partial charge in [0.1, 0.15) is 0 Å². The average Bonchev–Trinajstić information content (AvgIpc) is 3.28. The molecule has 0 aromatic carbocycles. The van der Waals surface area contributed by atoms with Gasteiger partial charge in [0.15, 0.2) is 12.2 Å². The summed E-state index contributed by atoms with van der Waals surface area (Å²) in [7, 11) is 0. The molecule has 0 saturated carbocycles. The van der Waals surface area contributed by atoms with Crippen molar-refractivity contribution in [3.63, 3.8) is 0 Å². The van der Waals surface area contributed by atoms with Crippen LogP contribution in [0.1, 0.15) is 25.8 Å². The first-order valence-corrected chi connectivity index (χ1v) is 7.62. The summed E-state index contributed by atoms with van der Waals surface area (Å²) in [6.07, 6.45) is 2.25. The number of rotatable bonds is 9. The van der Waals surface area contributed by atoms with Crippen LogP contribution in [0.3, 0.4) is 0 Å². The number of hydrogen-bond donors (Lipinski definition) is 2. The van der Waals surface area contributed by atoms with Gasteiger partial charge in [-0.25, -0.2) is 4.79 Å². The fourth-order valence-corrected chi connectivity index (χ4v) is 2.32. The first kappa shape index (κ1) is 17.4. The monoisotopic (exact) mass is 322 g/mol. The van der Waals surface area contributed by atoms with E-state index in [0.717, 1.165) is 12.0 Å². The van der Waals surface area contributed by atoms with Crippen molar-refractivity contribution in [2.24, 2.45) is 5.92 Å². The Morgan fingerprint density at radius 2 is 2.22 bits per heavy atom. The molecular weight excluding hydrogens is 300 g/mol. The van der Waals surface area contributed by atoms with Crippen molar-refractivity contribution in [3.05, 3.63) is 30.1 Å². The molecule has 0 bridgehead atoms. The lowest BCUT2D eigenvalue weighted by atomic mass is 10.0. The smallest absolute Gasteiger partial charge is 0.336 e. The van der Waals surface area contributed by atoms with Crippen LogP contribution in [0, 0.1) is 5.92 Å². The molecule has 126 valence electrons. The highest BCUT2D eigenvalue weighted by Gasteiger charge is 2.51. The van der Waals surface area contributed by atoms with Crippen molar-refractivity contribution in [3.8, 4) is 0 Å². The topological polar surface area (TPSA) is 101 Å². The van der Waals surface area contributed by atoms with Crippen molar-refractivity contribution in [2.75, 3.05) is 6.61 Å². The van der Waals surface area contributed by atoms with Gasteiger partial charge in [-0.2, -0.15) is 0 Å². The molecule has 1 saturated heterocycles. The number of carbonyl (C=O) groups excluding carboxylic acids is 1. The van der Waals surface area contributed by atoms with Gasteiger partial charge in [-0.05, 0) is 24.0 Å². The number of nitrogens with one attached hydrogen (secondary N) is 1. The maximum atomic E-state index is 12.0. The van der Waals surface area contributed by atoms with Crippen molar-refractivity contribution >= 4 is 11.9 Å². The van der Waals surface area contributed by atoms with E-state index in [1.807, 2.05) is 26.0 Å². The number of carboxylic acid groups (broad SMARTS) is 1. The number of aliphatic carboxylic acids is 1. The van der Waals surface area contributed by atoms with E-state index < -0.39 is 24.1 Å². The Bertz CT molecular complexity index is 535. The third-order valence-corrected chi connectivity index (χ3v) is 3.41. The van der Waals surface area contributed by atoms with Gasteiger partial charge in [-0.1, -0.05) is 19.9 Å². The molecule has 1 aliphatic heterocycles. The maximum absolute atomic E-state index is 12.0. The van der Waals surface area contributed by atoms with Gasteiger partial charge in [0.05, 0.1) is 19.3 Å². The molecule has 23 heavy (non-hydrogen) atoms. The summed E-state index contributed by atoms with van der Waals surface area (Å²) in [5, 5.41) is 11.6. The summed E-state index contributed by atoms with van der Waals surface area (Å²) in [4.78, 5) is 26.7. The molecule has 0 spiro atoms. The molecule has 1 fully saturated rings. The number of carboxylic acids is 1. The Kier molecular flexibility index (Phi) is 6.06. The number of hydrogen-bond acceptors (Lipinski definition) is 5. The number of carbonyl (C=O) groups is 2. The van der Waals surface area contributed by atoms with Gasteiger partial charge < -0.3 is 19.9 Å². The fourth-order valence-electron chi connectivity index (χ4n) is 2.32. The summed E-state index contributed by atoms with van der Waals surface area (Å²) in [6, 6.07) is 3.57. The summed E-state index contributed by atoms with van der Waals surface area (Å²) >= 11 is 0. The lowest BCUT2D eigenvalue weighted by Gasteiger charge is -2.20. The van der Waals surface area contributed by atoms with Crippen LogP contribution in [0.25, 0.3) is 0 Å². The number of epoxide rings is 1. The first-order chi connectivity index (χ1) is 11.0. The van der Waals surface area contributed by atoms with E-state index in [4.69, 9.17) is 14.6 Å². The van der Waals surface area contributed by atoms with Crippen LogP contribution in [0.15, 0.2) is 24.5 Å². The highest BCUT2D eigenvalue weighted by Crippen LogP contribution is 2.22. The van der Waals surface area contributed by atoms with E-state index in [0.29, 0.717) is 19.1 Å². The molecule has 1 unspecified atom stereocenters. The standard InChI is InChI=1S/C16H22N2O5/c1-10(2)6-12(9-22-8-11-4-3-5-17-7-11)18-15(19)13-14(23-13)16(20)21/h3-5,7,10,12-14H,6,8-9H2,1-2H3,(H,18,19)(H,20,21)/t12?,13-,14-/m0/s1. The highest BCUT2D eigenvalue weighted by atomic mass is 16.6. The van der Waals surface area contributed by atoms with Crippen LogP contribution in [0.2, 0.25) is 0 Å². The molecule has 2 rings (SSSR count). The maximum Gasteiger partial charge on any atom is 0.336 e. The van der Waals surface area contributed by atoms with Crippen LogP contribution in [0.5, 0.6) is 0 Å². The van der Waals surface area contributed by atoms with Gasteiger partial charge in [0.25, 0.3) is 5.91 Å². The second kappa shape index (κ2) is 8.03. The molecule has 2 N–H and O–H groups in total. The van der Waals surface area contributed by atoms with Crippen molar-refractivity contribution in [2.45, 2.75) is 45.1 Å². The van der Waals surface area contributed by atoms with Crippen LogP contribution in [-0.4, -0.2) is 46.8 Å². The third kappa shape index (κ3) is 5.61. The zero-order valence-electron chi connectivity index (χ0n) is 13.3. The quantitative estimate of drug-likeness (QED) is 0.657. The zero-order chi connectivity index (χ0) is 16.8. The number of aromatic nitrogens is 1. The summed E-state index contributed by atoms with van der Waals surface area (Å²) in [6.45, 7) is 4.86. The van der Waals surface area contributed by atoms with Crippen LogP contribution in [0.4, 0.5) is 0 Å². The minimum atomic E-state index is -1.11. The van der Waals surface area contributed by atoms with Crippen LogP contribution >= 0.6 is 0 Å². The molecule has 1 aliphatic rings. The Labute approximate surface area is 135 Å². The molecule has 1 aromatic rings. The molecule has 7 nitrogen and oxygen atoms in total. The number of amides is 1. The Hall–Kier alpha value is -1.99. The third-order valence-electron chi connectivity index (χ3n) is 3.41. The first-order valence-electron chi connectivity index (χ1n) is 7.62. The second-order valence-corrected chi connectivity index (χ2v) is 6.03. The fraction of sp³-hybridized carbons (Fsp3) is 0.562. The highest BCUT2D eigenvalue weighted by molar-refractivity contribution is 5.92. The molecule has 1 aromatic heterocycles. The van der Waals surface area contributed by atoms with Crippen LogP contribution in [-0.2, 0) is 25.7 Å². The molecule has 0 aliphatic carbocycles. The van der Waals surface area contributed by atoms with Crippen molar-refractivity contribution in [1.82, 2.24) is 10.3 Å². The van der Waals surface area contributed by atoms with E-state index in [1.54, 1.807) is 12.4 Å². The van der Waals surface area contributed by atoms with Crippen molar-refractivity contribution in [1.29, 1.82) is 0 Å². The van der Waals surface area contributed by atoms with Gasteiger partial charge >= 0.3 is 5.97 Å². The van der Waals surface area contributed by atoms with Gasteiger partial charge in [-0.15, -0.1) is 0 Å². The van der Waals surface area contributed by atoms with Crippen molar-refractivity contribution < 1.29 is 24.2 Å². The predicted molar refractivity (Wildman–Crippen MR) is 81.6 cm³/mol. The second-order valence-electron chi connectivity index (χ2n) is 6.03. The predicted octanol–water partition coefficient (Wildman–Crippen LogP) is 0.981. The summed E-state index contributed by atoms with van der Waals surface area (Å²) < 4.78 is 10.5. The molecular formula is C16H22N2O5. The van der Waals surface area contributed by atoms with Gasteiger partial charge in [-0.3, -0.25) is 9.78 Å². The summed E-state index contributed by atoms with van der Waals surface area (Å²) in [5.41, 5.74) is 0.957. The van der Waals surface area contributed by atoms with E-state index in [-0.39, 0.29) is 6.04 Å². The Balaban J connectivity index is 1.80. The Morgan fingerprint density at radius 1 is 1.43 bits per heavy atom. The zero-order valence-corrected chi connectivity index (χ0v) is 13.3. The minimum absolute atomic E-state index is 0.183. The average molecular weight is 322 g/mol. The molecule has 1 amide bonds. The van der Waals surface area contributed by atoms with E-state index in [2.05, 4.69) is 10.3 Å². The number of nitrogens with zero attached hydrogens (tertiary/aromatic N) is 1. The van der Waals surface area contributed by atoms with Gasteiger partial charge in [0, 0.05) is 12.4 Å². The van der Waals surface area contributed by atoms with E-state index in [9.17, 15) is 9.59 Å². The summed E-state index contributed by atoms with van der Waals surface area (Å²) in [5.74, 6) is -1.14. The normalized spacial score (nSPS) is 21.0. The lowest BCUT2D eigenvalue weighted by Crippen LogP contribution is -2.42. The number of pyridine rings is 1. The molecule has 3 atom stereocenters. The molecule has 7 heteroatoms. The van der Waals surface area contributed by atoms with E-state index in [1.165, 1.54) is 0 Å². The molecule has 2 heterocycles. The lowest BCUT2D eigenvalue weighted by molar-refractivity contribution is -0.138. The number of ether oxygens (including phenoxy) is 2.